The third-order valence-electron chi connectivity index (χ3n) is 3.66. The van der Waals surface area contributed by atoms with Gasteiger partial charge < -0.3 is 4.90 Å². The molecule has 1 aliphatic carbocycles. The third-order valence-corrected chi connectivity index (χ3v) is 3.66. The molecule has 1 saturated carbocycles. The third kappa shape index (κ3) is 3.10. The lowest BCUT2D eigenvalue weighted by Crippen LogP contribution is -2.33. The summed E-state index contributed by atoms with van der Waals surface area (Å²) >= 11 is 0. The zero-order valence-corrected chi connectivity index (χ0v) is 11.9. The maximum Gasteiger partial charge on any atom is 0.257 e. The first-order valence-corrected chi connectivity index (χ1v) is 7.12. The number of carbonyl (C=O) groups excluding carboxylic acids is 1. The number of amides is 1. The van der Waals surface area contributed by atoms with Gasteiger partial charge in [0.2, 0.25) is 0 Å². The predicted molar refractivity (Wildman–Crippen MR) is 78.3 cm³/mol. The molecule has 2 aromatic rings. The molecule has 0 N–H and O–H groups in total. The van der Waals surface area contributed by atoms with Gasteiger partial charge in [-0.25, -0.2) is 4.39 Å². The lowest BCUT2D eigenvalue weighted by atomic mass is 10.1. The van der Waals surface area contributed by atoms with E-state index in [1.807, 2.05) is 25.1 Å². The molecule has 0 spiro atoms. The second kappa shape index (κ2) is 5.64. The molecular weight excluding hydrogens is 267 g/mol. The molecule has 21 heavy (non-hydrogen) atoms. The molecular formula is C17H17FN2O. The van der Waals surface area contributed by atoms with Gasteiger partial charge in [0.15, 0.2) is 0 Å². The summed E-state index contributed by atoms with van der Waals surface area (Å²) in [6, 6.07) is 10.6. The van der Waals surface area contributed by atoms with Crippen LogP contribution in [0, 0.1) is 12.7 Å². The predicted octanol–water partition coefficient (Wildman–Crippen LogP) is 3.33. The summed E-state index contributed by atoms with van der Waals surface area (Å²) in [6.07, 6.45) is 3.66. The maximum atomic E-state index is 14.0. The minimum atomic E-state index is -0.452. The van der Waals surface area contributed by atoms with E-state index in [4.69, 9.17) is 0 Å². The van der Waals surface area contributed by atoms with Crippen LogP contribution in [-0.2, 0) is 6.54 Å². The average molecular weight is 284 g/mol. The monoisotopic (exact) mass is 284 g/mol. The molecule has 0 saturated heterocycles. The Labute approximate surface area is 123 Å². The van der Waals surface area contributed by atoms with Crippen LogP contribution >= 0.6 is 0 Å². The maximum absolute atomic E-state index is 14.0. The van der Waals surface area contributed by atoms with Crippen LogP contribution in [0.3, 0.4) is 0 Å². The standard InChI is InChI=1S/C17H17FN2O/c1-12-5-8-15(16(18)10-12)17(21)20(14-6-7-14)11-13-4-2-3-9-19-13/h2-5,8-10,14H,6-7,11H2,1H3. The van der Waals surface area contributed by atoms with Gasteiger partial charge in [-0.3, -0.25) is 9.78 Å². The van der Waals surface area contributed by atoms with Crippen LogP contribution in [0.25, 0.3) is 0 Å². The van der Waals surface area contributed by atoms with Crippen LogP contribution in [0.5, 0.6) is 0 Å². The van der Waals surface area contributed by atoms with Crippen molar-refractivity contribution in [2.45, 2.75) is 32.4 Å². The molecule has 1 heterocycles. The zero-order chi connectivity index (χ0) is 14.8. The minimum absolute atomic E-state index is 0.142. The quantitative estimate of drug-likeness (QED) is 0.862. The van der Waals surface area contributed by atoms with Crippen LogP contribution in [-0.4, -0.2) is 21.8 Å². The first kappa shape index (κ1) is 13.7. The highest BCUT2D eigenvalue weighted by Gasteiger charge is 2.34. The van der Waals surface area contributed by atoms with Gasteiger partial charge in [0.25, 0.3) is 5.91 Å². The largest absolute Gasteiger partial charge is 0.330 e. The van der Waals surface area contributed by atoms with Crippen molar-refractivity contribution in [3.63, 3.8) is 0 Å². The van der Waals surface area contributed by atoms with E-state index in [1.54, 1.807) is 23.2 Å². The fraction of sp³-hybridized carbons (Fsp3) is 0.294. The smallest absolute Gasteiger partial charge is 0.257 e. The normalized spacial score (nSPS) is 14.0. The van der Waals surface area contributed by atoms with E-state index in [2.05, 4.69) is 4.98 Å². The number of nitrogens with zero attached hydrogens (tertiary/aromatic N) is 2. The Hall–Kier alpha value is -2.23. The van der Waals surface area contributed by atoms with Gasteiger partial charge in [0.05, 0.1) is 17.8 Å². The summed E-state index contributed by atoms with van der Waals surface area (Å²) in [5.41, 5.74) is 1.78. The van der Waals surface area contributed by atoms with E-state index in [0.717, 1.165) is 24.1 Å². The number of carbonyl (C=O) groups is 1. The van der Waals surface area contributed by atoms with Crippen LogP contribution < -0.4 is 0 Å². The molecule has 0 unspecified atom stereocenters. The van der Waals surface area contributed by atoms with Crippen molar-refractivity contribution >= 4 is 5.91 Å². The lowest BCUT2D eigenvalue weighted by molar-refractivity contribution is 0.0723. The van der Waals surface area contributed by atoms with E-state index in [0.29, 0.717) is 6.54 Å². The van der Waals surface area contributed by atoms with Gasteiger partial charge in [-0.05, 0) is 49.6 Å². The second-order valence-corrected chi connectivity index (χ2v) is 5.47. The molecule has 0 bridgehead atoms. The van der Waals surface area contributed by atoms with Gasteiger partial charge in [-0.1, -0.05) is 12.1 Å². The van der Waals surface area contributed by atoms with Gasteiger partial charge >= 0.3 is 0 Å². The molecule has 4 heteroatoms. The Morgan fingerprint density at radius 1 is 1.33 bits per heavy atom. The first-order chi connectivity index (χ1) is 10.1. The number of benzene rings is 1. The van der Waals surface area contributed by atoms with Crippen LogP contribution in [0.2, 0.25) is 0 Å². The Bertz CT molecular complexity index is 653. The summed E-state index contributed by atoms with van der Waals surface area (Å²) < 4.78 is 14.0. The number of aromatic nitrogens is 1. The molecule has 1 amide bonds. The van der Waals surface area contributed by atoms with Crippen LogP contribution in [0.15, 0.2) is 42.6 Å². The molecule has 1 aliphatic rings. The summed E-state index contributed by atoms with van der Waals surface area (Å²) in [7, 11) is 0. The molecule has 0 radical (unpaired) electrons. The van der Waals surface area contributed by atoms with E-state index in [1.165, 1.54) is 6.07 Å². The SMILES string of the molecule is Cc1ccc(C(=O)N(Cc2ccccn2)C2CC2)c(F)c1. The highest BCUT2D eigenvalue weighted by molar-refractivity contribution is 5.95. The summed E-state index contributed by atoms with van der Waals surface area (Å²) in [5.74, 6) is -0.702. The zero-order valence-electron chi connectivity index (χ0n) is 11.9. The lowest BCUT2D eigenvalue weighted by Gasteiger charge is -2.22. The van der Waals surface area contributed by atoms with E-state index >= 15 is 0 Å². The van der Waals surface area contributed by atoms with Gasteiger partial charge in [0, 0.05) is 12.2 Å². The molecule has 0 atom stereocenters. The van der Waals surface area contributed by atoms with E-state index in [-0.39, 0.29) is 17.5 Å². The average Bonchev–Trinajstić information content (AvgIpc) is 3.30. The number of rotatable bonds is 4. The Morgan fingerprint density at radius 2 is 2.14 bits per heavy atom. The number of aryl methyl sites for hydroxylation is 1. The second-order valence-electron chi connectivity index (χ2n) is 5.47. The molecule has 108 valence electrons. The molecule has 3 nitrogen and oxygen atoms in total. The molecule has 1 fully saturated rings. The van der Waals surface area contributed by atoms with E-state index in [9.17, 15) is 9.18 Å². The Kier molecular flexibility index (Phi) is 3.69. The summed E-state index contributed by atoms with van der Waals surface area (Å²) in [4.78, 5) is 18.6. The van der Waals surface area contributed by atoms with Gasteiger partial charge in [0.1, 0.15) is 5.82 Å². The minimum Gasteiger partial charge on any atom is -0.330 e. The molecule has 3 rings (SSSR count). The first-order valence-electron chi connectivity index (χ1n) is 7.12. The summed E-state index contributed by atoms with van der Waals surface area (Å²) in [5, 5.41) is 0. The fourth-order valence-corrected chi connectivity index (χ4v) is 2.37. The van der Waals surface area contributed by atoms with Crippen molar-refractivity contribution < 1.29 is 9.18 Å². The molecule has 1 aromatic carbocycles. The van der Waals surface area contributed by atoms with Crippen LogP contribution in [0.4, 0.5) is 4.39 Å². The van der Waals surface area contributed by atoms with Gasteiger partial charge in [-0.2, -0.15) is 0 Å². The van der Waals surface area contributed by atoms with E-state index < -0.39 is 5.82 Å². The highest BCUT2D eigenvalue weighted by Crippen LogP contribution is 2.30. The molecule has 1 aromatic heterocycles. The topological polar surface area (TPSA) is 33.2 Å². The summed E-state index contributed by atoms with van der Waals surface area (Å²) in [6.45, 7) is 2.24. The Morgan fingerprint density at radius 3 is 2.76 bits per heavy atom. The number of halogens is 1. The van der Waals surface area contributed by atoms with Crippen molar-refractivity contribution in [1.82, 2.24) is 9.88 Å². The Balaban J connectivity index is 1.85. The number of hydrogen-bond acceptors (Lipinski definition) is 2. The van der Waals surface area contributed by atoms with Crippen molar-refractivity contribution in [3.05, 3.63) is 65.2 Å². The number of hydrogen-bond donors (Lipinski definition) is 0. The fourth-order valence-electron chi connectivity index (χ4n) is 2.37. The van der Waals surface area contributed by atoms with Gasteiger partial charge in [-0.15, -0.1) is 0 Å². The van der Waals surface area contributed by atoms with Crippen LogP contribution in [0.1, 0.15) is 34.5 Å². The van der Waals surface area contributed by atoms with Crippen molar-refractivity contribution in [2.75, 3.05) is 0 Å². The number of pyridine rings is 1. The van der Waals surface area contributed by atoms with Crippen molar-refractivity contribution in [3.8, 4) is 0 Å². The molecule has 0 aliphatic heterocycles. The van der Waals surface area contributed by atoms with Crippen molar-refractivity contribution in [2.24, 2.45) is 0 Å². The van der Waals surface area contributed by atoms with Crippen molar-refractivity contribution in [1.29, 1.82) is 0 Å². The highest BCUT2D eigenvalue weighted by atomic mass is 19.1.